The van der Waals surface area contributed by atoms with Crippen LogP contribution in [-0.4, -0.2) is 22.4 Å². The molecule has 0 amide bonds. The minimum atomic E-state index is 0.324. The van der Waals surface area contributed by atoms with Crippen molar-refractivity contribution >= 4 is 5.82 Å². The van der Waals surface area contributed by atoms with Crippen molar-refractivity contribution in [3.8, 4) is 0 Å². The predicted octanol–water partition coefficient (Wildman–Crippen LogP) is 1.35. The number of rotatable bonds is 6. The molecule has 1 heterocycles. The van der Waals surface area contributed by atoms with Crippen molar-refractivity contribution in [2.24, 2.45) is 12.8 Å². The fourth-order valence-corrected chi connectivity index (χ4v) is 1.32. The Hall–Kier alpha value is -1.03. The number of hydrogen-bond donors (Lipinski definition) is 2. The fourth-order valence-electron chi connectivity index (χ4n) is 1.32. The van der Waals surface area contributed by atoms with Gasteiger partial charge in [0.05, 0.1) is 0 Å². The number of aromatic nitrogens is 2. The van der Waals surface area contributed by atoms with Crippen molar-refractivity contribution in [3.63, 3.8) is 0 Å². The summed E-state index contributed by atoms with van der Waals surface area (Å²) in [5.74, 6) is 0.952. The first-order chi connectivity index (χ1) is 6.68. The number of anilines is 1. The Kier molecular flexibility index (Phi) is 4.46. The van der Waals surface area contributed by atoms with Gasteiger partial charge in [-0.3, -0.25) is 4.68 Å². The molecule has 4 nitrogen and oxygen atoms in total. The molecule has 0 saturated carbocycles. The molecule has 0 aliphatic carbocycles. The Morgan fingerprint density at radius 3 is 2.93 bits per heavy atom. The van der Waals surface area contributed by atoms with Crippen LogP contribution in [0, 0.1) is 0 Å². The standard InChI is InChI=1S/C10H20N4/c1-9(11)5-3-4-7-12-10-6-8-14(2)13-10/h6,8-9H,3-5,7,11H2,1-2H3,(H,12,13). The molecule has 0 aliphatic heterocycles. The van der Waals surface area contributed by atoms with Crippen LogP contribution in [0.4, 0.5) is 5.82 Å². The Morgan fingerprint density at radius 2 is 2.36 bits per heavy atom. The van der Waals surface area contributed by atoms with E-state index in [1.807, 2.05) is 26.2 Å². The third kappa shape index (κ3) is 4.28. The van der Waals surface area contributed by atoms with E-state index in [2.05, 4.69) is 10.4 Å². The lowest BCUT2D eigenvalue weighted by atomic mass is 10.1. The SMILES string of the molecule is CC(N)CCCCNc1ccn(C)n1. The zero-order valence-electron chi connectivity index (χ0n) is 9.03. The molecule has 14 heavy (non-hydrogen) atoms. The van der Waals surface area contributed by atoms with E-state index in [4.69, 9.17) is 5.73 Å². The van der Waals surface area contributed by atoms with Crippen molar-refractivity contribution in [1.82, 2.24) is 9.78 Å². The Bertz CT molecular complexity index is 254. The molecule has 1 aromatic heterocycles. The van der Waals surface area contributed by atoms with E-state index in [1.165, 1.54) is 6.42 Å². The van der Waals surface area contributed by atoms with Gasteiger partial charge in [-0.25, -0.2) is 0 Å². The number of nitrogens with one attached hydrogen (secondary N) is 1. The summed E-state index contributed by atoms with van der Waals surface area (Å²) in [6.45, 7) is 3.02. The van der Waals surface area contributed by atoms with Crippen molar-refractivity contribution in [1.29, 1.82) is 0 Å². The molecule has 0 bridgehead atoms. The second-order valence-electron chi connectivity index (χ2n) is 3.77. The minimum absolute atomic E-state index is 0.324. The predicted molar refractivity (Wildman–Crippen MR) is 59.2 cm³/mol. The van der Waals surface area contributed by atoms with Crippen LogP contribution in [0.15, 0.2) is 12.3 Å². The van der Waals surface area contributed by atoms with Crippen molar-refractivity contribution in [2.45, 2.75) is 32.2 Å². The van der Waals surface area contributed by atoms with Gasteiger partial charge in [-0.1, -0.05) is 6.42 Å². The number of aryl methyl sites for hydroxylation is 1. The van der Waals surface area contributed by atoms with Gasteiger partial charge in [0.25, 0.3) is 0 Å². The Morgan fingerprint density at radius 1 is 1.57 bits per heavy atom. The number of nitrogens with zero attached hydrogens (tertiary/aromatic N) is 2. The van der Waals surface area contributed by atoms with Crippen LogP contribution >= 0.6 is 0 Å². The van der Waals surface area contributed by atoms with E-state index >= 15 is 0 Å². The molecule has 0 radical (unpaired) electrons. The molecule has 0 spiro atoms. The smallest absolute Gasteiger partial charge is 0.147 e. The van der Waals surface area contributed by atoms with Crippen LogP contribution in [0.3, 0.4) is 0 Å². The molecular formula is C10H20N4. The first-order valence-corrected chi connectivity index (χ1v) is 5.17. The normalized spacial score (nSPS) is 12.8. The summed E-state index contributed by atoms with van der Waals surface area (Å²) >= 11 is 0. The summed E-state index contributed by atoms with van der Waals surface area (Å²) in [6.07, 6.45) is 5.36. The van der Waals surface area contributed by atoms with Crippen LogP contribution in [0.5, 0.6) is 0 Å². The molecule has 0 saturated heterocycles. The first-order valence-electron chi connectivity index (χ1n) is 5.17. The third-order valence-electron chi connectivity index (χ3n) is 2.11. The molecule has 1 aromatic rings. The largest absolute Gasteiger partial charge is 0.369 e. The highest BCUT2D eigenvalue weighted by Crippen LogP contribution is 2.03. The van der Waals surface area contributed by atoms with Crippen LogP contribution in [-0.2, 0) is 7.05 Å². The highest BCUT2D eigenvalue weighted by molar-refractivity contribution is 5.31. The Labute approximate surface area is 85.5 Å². The summed E-state index contributed by atoms with van der Waals surface area (Å²) < 4.78 is 1.80. The zero-order valence-corrected chi connectivity index (χ0v) is 9.03. The lowest BCUT2D eigenvalue weighted by molar-refractivity contribution is 0.607. The molecule has 1 unspecified atom stereocenters. The van der Waals surface area contributed by atoms with Gasteiger partial charge >= 0.3 is 0 Å². The summed E-state index contributed by atoms with van der Waals surface area (Å²) in [7, 11) is 1.92. The molecule has 0 aliphatic rings. The monoisotopic (exact) mass is 196 g/mol. The molecule has 1 rings (SSSR count). The number of unbranched alkanes of at least 4 members (excludes halogenated alkanes) is 1. The summed E-state index contributed by atoms with van der Waals surface area (Å²) in [4.78, 5) is 0. The van der Waals surface area contributed by atoms with Crippen LogP contribution < -0.4 is 11.1 Å². The molecule has 0 fully saturated rings. The van der Waals surface area contributed by atoms with Gasteiger partial charge in [-0.2, -0.15) is 5.10 Å². The minimum Gasteiger partial charge on any atom is -0.369 e. The molecule has 80 valence electrons. The molecule has 1 atom stereocenters. The maximum Gasteiger partial charge on any atom is 0.147 e. The van der Waals surface area contributed by atoms with Gasteiger partial charge < -0.3 is 11.1 Å². The zero-order chi connectivity index (χ0) is 10.4. The third-order valence-corrected chi connectivity index (χ3v) is 2.11. The van der Waals surface area contributed by atoms with Gasteiger partial charge in [0, 0.05) is 31.9 Å². The van der Waals surface area contributed by atoms with E-state index in [1.54, 1.807) is 4.68 Å². The van der Waals surface area contributed by atoms with Crippen molar-refractivity contribution in [3.05, 3.63) is 12.3 Å². The highest BCUT2D eigenvalue weighted by atomic mass is 15.3. The quantitative estimate of drug-likeness (QED) is 0.675. The summed E-state index contributed by atoms with van der Waals surface area (Å²) in [5.41, 5.74) is 5.65. The van der Waals surface area contributed by atoms with Crippen molar-refractivity contribution in [2.75, 3.05) is 11.9 Å². The van der Waals surface area contributed by atoms with Crippen LogP contribution in [0.2, 0.25) is 0 Å². The van der Waals surface area contributed by atoms with E-state index in [9.17, 15) is 0 Å². The molecule has 3 N–H and O–H groups in total. The molecular weight excluding hydrogens is 176 g/mol. The van der Waals surface area contributed by atoms with E-state index in [0.29, 0.717) is 6.04 Å². The maximum atomic E-state index is 5.65. The Balaban J connectivity index is 2.04. The van der Waals surface area contributed by atoms with Gasteiger partial charge in [-0.15, -0.1) is 0 Å². The second kappa shape index (κ2) is 5.65. The number of nitrogens with two attached hydrogens (primary N) is 1. The van der Waals surface area contributed by atoms with Gasteiger partial charge in [-0.05, 0) is 19.8 Å². The lowest BCUT2D eigenvalue weighted by Gasteiger charge is -2.05. The van der Waals surface area contributed by atoms with Crippen LogP contribution in [0.1, 0.15) is 26.2 Å². The first kappa shape index (κ1) is 11.0. The van der Waals surface area contributed by atoms with E-state index in [0.717, 1.165) is 25.2 Å². The molecule has 0 aromatic carbocycles. The average Bonchev–Trinajstić information content (AvgIpc) is 2.50. The number of hydrogen-bond acceptors (Lipinski definition) is 3. The lowest BCUT2D eigenvalue weighted by Crippen LogP contribution is -2.14. The van der Waals surface area contributed by atoms with Crippen LogP contribution in [0.25, 0.3) is 0 Å². The highest BCUT2D eigenvalue weighted by Gasteiger charge is 1.96. The van der Waals surface area contributed by atoms with E-state index < -0.39 is 0 Å². The van der Waals surface area contributed by atoms with Crippen molar-refractivity contribution < 1.29 is 0 Å². The summed E-state index contributed by atoms with van der Waals surface area (Å²) in [6, 6.07) is 2.30. The summed E-state index contributed by atoms with van der Waals surface area (Å²) in [5, 5.41) is 7.49. The van der Waals surface area contributed by atoms with Gasteiger partial charge in [0.1, 0.15) is 5.82 Å². The fraction of sp³-hybridized carbons (Fsp3) is 0.700. The maximum absolute atomic E-state index is 5.65. The molecule has 4 heteroatoms. The van der Waals surface area contributed by atoms with E-state index in [-0.39, 0.29) is 0 Å². The average molecular weight is 196 g/mol. The van der Waals surface area contributed by atoms with Gasteiger partial charge in [0.2, 0.25) is 0 Å². The second-order valence-corrected chi connectivity index (χ2v) is 3.77. The van der Waals surface area contributed by atoms with Gasteiger partial charge in [0.15, 0.2) is 0 Å². The topological polar surface area (TPSA) is 55.9 Å².